The first-order chi connectivity index (χ1) is 9.58. The van der Waals surface area contributed by atoms with Crippen molar-refractivity contribution in [2.45, 2.75) is 33.1 Å². The highest BCUT2D eigenvalue weighted by atomic mass is 16.4. The highest BCUT2D eigenvalue weighted by Crippen LogP contribution is 2.28. The molecule has 1 N–H and O–H groups in total. The summed E-state index contributed by atoms with van der Waals surface area (Å²) in [6, 6.07) is 6.20. The SMILES string of the molecule is Cc1cccc(-n2ncc3c2CCC(C(=O)O)C3)c1C. The van der Waals surface area contributed by atoms with Crippen LogP contribution in [0.25, 0.3) is 5.69 Å². The van der Waals surface area contributed by atoms with E-state index < -0.39 is 5.97 Å². The van der Waals surface area contributed by atoms with Crippen LogP contribution >= 0.6 is 0 Å². The Morgan fingerprint density at radius 2 is 2.20 bits per heavy atom. The summed E-state index contributed by atoms with van der Waals surface area (Å²) in [5.41, 5.74) is 5.80. The molecular formula is C16H18N2O2. The number of hydrogen-bond acceptors (Lipinski definition) is 2. The fourth-order valence-electron chi connectivity index (χ4n) is 2.91. The van der Waals surface area contributed by atoms with Gasteiger partial charge in [-0.05, 0) is 55.9 Å². The lowest BCUT2D eigenvalue weighted by Gasteiger charge is -2.20. The van der Waals surface area contributed by atoms with Gasteiger partial charge < -0.3 is 5.11 Å². The van der Waals surface area contributed by atoms with Crippen LogP contribution in [-0.4, -0.2) is 20.9 Å². The number of benzene rings is 1. The molecule has 1 aromatic carbocycles. The molecule has 0 bridgehead atoms. The lowest BCUT2D eigenvalue weighted by atomic mass is 9.88. The van der Waals surface area contributed by atoms with E-state index in [2.05, 4.69) is 31.1 Å². The molecule has 0 fully saturated rings. The minimum Gasteiger partial charge on any atom is -0.481 e. The largest absolute Gasteiger partial charge is 0.481 e. The van der Waals surface area contributed by atoms with Crippen LogP contribution in [0.4, 0.5) is 0 Å². The van der Waals surface area contributed by atoms with Gasteiger partial charge in [0, 0.05) is 5.69 Å². The summed E-state index contributed by atoms with van der Waals surface area (Å²) in [6.07, 6.45) is 3.89. The zero-order valence-electron chi connectivity index (χ0n) is 11.8. The highest BCUT2D eigenvalue weighted by Gasteiger charge is 2.27. The first kappa shape index (κ1) is 12.9. The van der Waals surface area contributed by atoms with Crippen molar-refractivity contribution in [3.8, 4) is 5.69 Å². The summed E-state index contributed by atoms with van der Waals surface area (Å²) in [4.78, 5) is 11.1. The fourth-order valence-corrected chi connectivity index (χ4v) is 2.91. The molecule has 0 radical (unpaired) electrons. The maximum absolute atomic E-state index is 11.1. The number of aliphatic carboxylic acids is 1. The number of fused-ring (bicyclic) bond motifs is 1. The minimum atomic E-state index is -0.699. The number of aromatic nitrogens is 2. The zero-order valence-corrected chi connectivity index (χ0v) is 11.8. The smallest absolute Gasteiger partial charge is 0.306 e. The third kappa shape index (κ3) is 2.01. The molecule has 4 heteroatoms. The molecule has 20 heavy (non-hydrogen) atoms. The van der Waals surface area contributed by atoms with Crippen LogP contribution in [0.5, 0.6) is 0 Å². The van der Waals surface area contributed by atoms with Crippen LogP contribution in [0.1, 0.15) is 28.8 Å². The second kappa shape index (κ2) is 4.78. The van der Waals surface area contributed by atoms with Crippen molar-refractivity contribution in [3.63, 3.8) is 0 Å². The molecule has 0 saturated heterocycles. The normalized spacial score (nSPS) is 17.8. The van der Waals surface area contributed by atoms with E-state index >= 15 is 0 Å². The molecule has 1 atom stereocenters. The molecule has 1 heterocycles. The van der Waals surface area contributed by atoms with E-state index in [1.54, 1.807) is 0 Å². The number of carboxylic acid groups (broad SMARTS) is 1. The van der Waals surface area contributed by atoms with E-state index in [0.29, 0.717) is 12.8 Å². The summed E-state index contributed by atoms with van der Waals surface area (Å²) in [5, 5.41) is 13.6. The van der Waals surface area contributed by atoms with E-state index in [4.69, 9.17) is 5.11 Å². The number of carboxylic acids is 1. The standard InChI is InChI=1S/C16H18N2O2/c1-10-4-3-5-14(11(10)2)18-15-7-6-12(16(19)20)8-13(15)9-17-18/h3-5,9,12H,6-8H2,1-2H3,(H,19,20). The number of aryl methyl sites for hydroxylation is 1. The number of hydrogen-bond donors (Lipinski definition) is 1. The Labute approximate surface area is 118 Å². The summed E-state index contributed by atoms with van der Waals surface area (Å²) in [5.74, 6) is -0.964. The van der Waals surface area contributed by atoms with E-state index in [1.807, 2.05) is 16.9 Å². The highest BCUT2D eigenvalue weighted by molar-refractivity contribution is 5.71. The average Bonchev–Trinajstić information content (AvgIpc) is 2.84. The van der Waals surface area contributed by atoms with E-state index in [1.165, 1.54) is 11.1 Å². The van der Waals surface area contributed by atoms with Crippen molar-refractivity contribution >= 4 is 5.97 Å². The van der Waals surface area contributed by atoms with Gasteiger partial charge in [0.15, 0.2) is 0 Å². The van der Waals surface area contributed by atoms with Gasteiger partial charge in [0.1, 0.15) is 0 Å². The predicted octanol–water partition coefficient (Wildman–Crippen LogP) is 2.68. The lowest BCUT2D eigenvalue weighted by Crippen LogP contribution is -2.22. The van der Waals surface area contributed by atoms with Crippen LogP contribution in [-0.2, 0) is 17.6 Å². The lowest BCUT2D eigenvalue weighted by molar-refractivity contribution is -0.142. The fraction of sp³-hybridized carbons (Fsp3) is 0.375. The topological polar surface area (TPSA) is 55.1 Å². The monoisotopic (exact) mass is 270 g/mol. The minimum absolute atomic E-state index is 0.265. The molecular weight excluding hydrogens is 252 g/mol. The molecule has 3 rings (SSSR count). The predicted molar refractivity (Wildman–Crippen MR) is 76.2 cm³/mol. The number of rotatable bonds is 2. The second-order valence-corrected chi connectivity index (χ2v) is 5.53. The Morgan fingerprint density at radius 1 is 1.40 bits per heavy atom. The van der Waals surface area contributed by atoms with Crippen LogP contribution in [0.2, 0.25) is 0 Å². The van der Waals surface area contributed by atoms with Crippen molar-refractivity contribution in [1.29, 1.82) is 0 Å². The first-order valence-corrected chi connectivity index (χ1v) is 6.93. The van der Waals surface area contributed by atoms with Gasteiger partial charge in [-0.3, -0.25) is 4.79 Å². The quantitative estimate of drug-likeness (QED) is 0.912. The van der Waals surface area contributed by atoms with Gasteiger partial charge in [-0.15, -0.1) is 0 Å². The van der Waals surface area contributed by atoms with Gasteiger partial charge in [0.25, 0.3) is 0 Å². The van der Waals surface area contributed by atoms with Gasteiger partial charge >= 0.3 is 5.97 Å². The van der Waals surface area contributed by atoms with E-state index in [-0.39, 0.29) is 5.92 Å². The molecule has 1 unspecified atom stereocenters. The number of carbonyl (C=O) groups is 1. The van der Waals surface area contributed by atoms with Crippen molar-refractivity contribution in [2.75, 3.05) is 0 Å². The van der Waals surface area contributed by atoms with E-state index in [0.717, 1.165) is 23.4 Å². The summed E-state index contributed by atoms with van der Waals surface area (Å²) in [6.45, 7) is 4.19. The Balaban J connectivity index is 2.02. The zero-order chi connectivity index (χ0) is 14.3. The average molecular weight is 270 g/mol. The summed E-state index contributed by atoms with van der Waals surface area (Å²) < 4.78 is 1.98. The van der Waals surface area contributed by atoms with Crippen LogP contribution < -0.4 is 0 Å². The Hall–Kier alpha value is -2.10. The Kier molecular flexibility index (Phi) is 3.08. The molecule has 1 aliphatic carbocycles. The maximum atomic E-state index is 11.1. The summed E-state index contributed by atoms with van der Waals surface area (Å²) in [7, 11) is 0. The van der Waals surface area contributed by atoms with Crippen molar-refractivity contribution in [2.24, 2.45) is 5.92 Å². The van der Waals surface area contributed by atoms with Crippen LogP contribution in [0.15, 0.2) is 24.4 Å². The molecule has 1 aromatic heterocycles. The summed E-state index contributed by atoms with van der Waals surface area (Å²) >= 11 is 0. The van der Waals surface area contributed by atoms with Gasteiger partial charge in [0.2, 0.25) is 0 Å². The van der Waals surface area contributed by atoms with Gasteiger partial charge in [0.05, 0.1) is 17.8 Å². The van der Waals surface area contributed by atoms with Crippen molar-refractivity contribution in [3.05, 3.63) is 46.8 Å². The van der Waals surface area contributed by atoms with Crippen molar-refractivity contribution in [1.82, 2.24) is 9.78 Å². The van der Waals surface area contributed by atoms with Gasteiger partial charge in [-0.2, -0.15) is 5.10 Å². The molecule has 0 amide bonds. The van der Waals surface area contributed by atoms with Gasteiger partial charge in [-0.25, -0.2) is 4.68 Å². The third-order valence-electron chi connectivity index (χ3n) is 4.30. The molecule has 2 aromatic rings. The Morgan fingerprint density at radius 3 is 2.95 bits per heavy atom. The Bertz CT molecular complexity index is 673. The maximum Gasteiger partial charge on any atom is 0.306 e. The van der Waals surface area contributed by atoms with Crippen LogP contribution in [0, 0.1) is 19.8 Å². The molecule has 0 spiro atoms. The second-order valence-electron chi connectivity index (χ2n) is 5.53. The first-order valence-electron chi connectivity index (χ1n) is 6.93. The number of nitrogens with zero attached hydrogens (tertiary/aromatic N) is 2. The molecule has 0 saturated carbocycles. The molecule has 0 aliphatic heterocycles. The van der Waals surface area contributed by atoms with Crippen LogP contribution in [0.3, 0.4) is 0 Å². The molecule has 4 nitrogen and oxygen atoms in total. The van der Waals surface area contributed by atoms with Crippen molar-refractivity contribution < 1.29 is 9.90 Å². The van der Waals surface area contributed by atoms with Gasteiger partial charge in [-0.1, -0.05) is 12.1 Å². The molecule has 1 aliphatic rings. The molecule has 104 valence electrons. The third-order valence-corrected chi connectivity index (χ3v) is 4.30. The van der Waals surface area contributed by atoms with E-state index in [9.17, 15) is 4.79 Å².